The van der Waals surface area contributed by atoms with Gasteiger partial charge >= 0.3 is 6.09 Å². The molecule has 0 bridgehead atoms. The Morgan fingerprint density at radius 3 is 2.21 bits per heavy atom. The van der Waals surface area contributed by atoms with Crippen molar-refractivity contribution >= 4 is 6.09 Å². The minimum atomic E-state index is -0.393. The van der Waals surface area contributed by atoms with Crippen LogP contribution in [0.5, 0.6) is 0 Å². The molecule has 0 aliphatic carbocycles. The monoisotopic (exact) mass is 374 g/mol. The van der Waals surface area contributed by atoms with Crippen LogP contribution in [0, 0.1) is 11.8 Å². The highest BCUT2D eigenvalue weighted by Crippen LogP contribution is 2.17. The number of pyridine rings is 1. The molecular formula is C22H22N4O2. The number of carbonyl (C=O) groups excluding carboxylic acids is 1. The largest absolute Gasteiger partial charge is 0.447 e. The number of hydrogen-bond donors (Lipinski definition) is 1. The zero-order chi connectivity index (χ0) is 20.0. The topological polar surface area (TPSA) is 77.0 Å². The molecule has 1 aliphatic rings. The second kappa shape index (κ2) is 11.8. The summed E-state index contributed by atoms with van der Waals surface area (Å²) < 4.78 is 4.88. The predicted molar refractivity (Wildman–Crippen MR) is 107 cm³/mol. The van der Waals surface area contributed by atoms with E-state index < -0.39 is 6.09 Å². The van der Waals surface area contributed by atoms with Crippen molar-refractivity contribution in [3.63, 3.8) is 0 Å². The van der Waals surface area contributed by atoms with Crippen molar-refractivity contribution in [1.29, 1.82) is 0 Å². The molecule has 3 aromatic rings. The molecule has 1 aliphatic heterocycles. The molecule has 28 heavy (non-hydrogen) atoms. The van der Waals surface area contributed by atoms with Crippen LogP contribution in [-0.4, -0.2) is 27.9 Å². The maximum atomic E-state index is 11.0. The van der Waals surface area contributed by atoms with E-state index in [4.69, 9.17) is 4.74 Å². The molecule has 0 unspecified atom stereocenters. The van der Waals surface area contributed by atoms with Gasteiger partial charge in [0.25, 0.3) is 0 Å². The number of rotatable bonds is 1. The van der Waals surface area contributed by atoms with E-state index in [0.717, 1.165) is 16.7 Å². The molecule has 1 amide bonds. The number of hydrogen-bond acceptors (Lipinski definition) is 5. The summed E-state index contributed by atoms with van der Waals surface area (Å²) in [5.41, 5.74) is 2.67. The third-order valence-electron chi connectivity index (χ3n) is 3.44. The smallest absolute Gasteiger partial charge is 0.407 e. The first-order chi connectivity index (χ1) is 13.8. The molecule has 1 atom stereocenters. The van der Waals surface area contributed by atoms with Gasteiger partial charge in [-0.2, -0.15) is 10.2 Å². The van der Waals surface area contributed by atoms with Crippen molar-refractivity contribution in [1.82, 2.24) is 20.5 Å². The predicted octanol–water partition coefficient (Wildman–Crippen LogP) is 3.77. The van der Waals surface area contributed by atoms with E-state index >= 15 is 0 Å². The van der Waals surface area contributed by atoms with Gasteiger partial charge in [-0.3, -0.25) is 4.98 Å². The van der Waals surface area contributed by atoms with E-state index in [0.29, 0.717) is 6.61 Å². The standard InChI is InChI=1S/C16H12N2O2.C4H4N2.C2H6/c19-16-18-15(11-20-16)14-8-13(9-17-10-14)7-6-12-4-2-1-3-5-12;1-2-4-6-5-3-1;1-2/h1-5,8-10,15H,11H2,(H,18,19);1-4H;1-2H3/t15-;;/m0../s1. The fourth-order valence-electron chi connectivity index (χ4n) is 2.20. The number of cyclic esters (lactones) is 1. The van der Waals surface area contributed by atoms with E-state index in [1.807, 2.05) is 62.4 Å². The number of ether oxygens (including phenoxy) is 1. The molecule has 6 nitrogen and oxygen atoms in total. The molecule has 3 heterocycles. The van der Waals surface area contributed by atoms with Crippen molar-refractivity contribution in [2.75, 3.05) is 6.61 Å². The van der Waals surface area contributed by atoms with E-state index in [9.17, 15) is 4.79 Å². The number of carbonyl (C=O) groups is 1. The highest BCUT2D eigenvalue weighted by Gasteiger charge is 2.23. The van der Waals surface area contributed by atoms with Crippen LogP contribution >= 0.6 is 0 Å². The molecule has 1 aromatic carbocycles. The molecule has 6 heteroatoms. The van der Waals surface area contributed by atoms with Gasteiger partial charge in [-0.15, -0.1) is 0 Å². The van der Waals surface area contributed by atoms with Crippen molar-refractivity contribution in [3.8, 4) is 11.8 Å². The van der Waals surface area contributed by atoms with Crippen LogP contribution in [0.1, 0.15) is 36.6 Å². The Labute approximate surface area is 165 Å². The maximum Gasteiger partial charge on any atom is 0.407 e. The van der Waals surface area contributed by atoms with Crippen molar-refractivity contribution in [3.05, 3.63) is 90.0 Å². The van der Waals surface area contributed by atoms with E-state index in [2.05, 4.69) is 32.3 Å². The first-order valence-electron chi connectivity index (χ1n) is 8.98. The molecule has 1 N–H and O–H groups in total. The zero-order valence-corrected chi connectivity index (χ0v) is 15.9. The van der Waals surface area contributed by atoms with Gasteiger partial charge in [-0.1, -0.05) is 43.9 Å². The summed E-state index contributed by atoms with van der Waals surface area (Å²) in [5, 5.41) is 9.79. The first-order valence-corrected chi connectivity index (χ1v) is 8.98. The number of alkyl carbamates (subject to hydrolysis) is 1. The Hall–Kier alpha value is -3.72. The van der Waals surface area contributed by atoms with E-state index in [-0.39, 0.29) is 6.04 Å². The lowest BCUT2D eigenvalue weighted by molar-refractivity contribution is 0.177. The van der Waals surface area contributed by atoms with Gasteiger partial charge in [0, 0.05) is 35.9 Å². The molecule has 1 saturated heterocycles. The lowest BCUT2D eigenvalue weighted by Gasteiger charge is -2.06. The Morgan fingerprint density at radius 1 is 0.964 bits per heavy atom. The zero-order valence-electron chi connectivity index (χ0n) is 15.9. The summed E-state index contributed by atoms with van der Waals surface area (Å²) in [5.74, 6) is 6.15. The van der Waals surface area contributed by atoms with Gasteiger partial charge in [-0.05, 0) is 35.9 Å². The fraction of sp³-hybridized carbons (Fsp3) is 0.182. The van der Waals surface area contributed by atoms with Gasteiger partial charge in [0.2, 0.25) is 0 Å². The maximum absolute atomic E-state index is 11.0. The van der Waals surface area contributed by atoms with Crippen LogP contribution in [-0.2, 0) is 4.74 Å². The summed E-state index contributed by atoms with van der Waals surface area (Å²) in [6, 6.07) is 15.2. The Morgan fingerprint density at radius 2 is 1.64 bits per heavy atom. The van der Waals surface area contributed by atoms with Crippen molar-refractivity contribution in [2.24, 2.45) is 0 Å². The van der Waals surface area contributed by atoms with Crippen LogP contribution in [0.25, 0.3) is 0 Å². The molecule has 0 spiro atoms. The van der Waals surface area contributed by atoms with Crippen molar-refractivity contribution < 1.29 is 9.53 Å². The van der Waals surface area contributed by atoms with Gasteiger partial charge in [-0.25, -0.2) is 4.79 Å². The second-order valence-corrected chi connectivity index (χ2v) is 5.33. The second-order valence-electron chi connectivity index (χ2n) is 5.33. The fourth-order valence-corrected chi connectivity index (χ4v) is 2.20. The Kier molecular flexibility index (Phi) is 8.69. The Balaban J connectivity index is 0.000000296. The number of benzene rings is 1. The summed E-state index contributed by atoms with van der Waals surface area (Å²) in [6.45, 7) is 4.33. The third-order valence-corrected chi connectivity index (χ3v) is 3.44. The van der Waals surface area contributed by atoms with E-state index in [1.54, 1.807) is 24.8 Å². The molecule has 142 valence electrons. The quantitative estimate of drug-likeness (QED) is 0.656. The minimum Gasteiger partial charge on any atom is -0.447 e. The average molecular weight is 374 g/mol. The molecule has 0 saturated carbocycles. The molecule has 4 rings (SSSR count). The summed E-state index contributed by atoms with van der Waals surface area (Å²) in [7, 11) is 0. The molecule has 2 aromatic heterocycles. The highest BCUT2D eigenvalue weighted by molar-refractivity contribution is 5.70. The van der Waals surface area contributed by atoms with Gasteiger partial charge in [0.05, 0.1) is 6.04 Å². The number of aromatic nitrogens is 3. The average Bonchev–Trinajstić information content (AvgIpc) is 3.23. The van der Waals surface area contributed by atoms with Crippen LogP contribution in [0.3, 0.4) is 0 Å². The molecular weight excluding hydrogens is 352 g/mol. The van der Waals surface area contributed by atoms with Crippen LogP contribution in [0.15, 0.2) is 73.3 Å². The van der Waals surface area contributed by atoms with Crippen LogP contribution < -0.4 is 5.32 Å². The summed E-state index contributed by atoms with van der Waals surface area (Å²) in [4.78, 5) is 15.2. The SMILES string of the molecule is CC.O=C1N[C@H](c2cncc(C#Cc3ccccc3)c2)CO1.c1ccnnc1. The van der Waals surface area contributed by atoms with Gasteiger partial charge < -0.3 is 10.1 Å². The number of amides is 1. The van der Waals surface area contributed by atoms with Crippen LogP contribution in [0.2, 0.25) is 0 Å². The highest BCUT2D eigenvalue weighted by atomic mass is 16.6. The Bertz CT molecular complexity index is 879. The first kappa shape index (κ1) is 20.6. The molecule has 0 radical (unpaired) electrons. The van der Waals surface area contributed by atoms with Gasteiger partial charge in [0.15, 0.2) is 0 Å². The summed E-state index contributed by atoms with van der Waals surface area (Å²) >= 11 is 0. The number of nitrogens with one attached hydrogen (secondary N) is 1. The number of nitrogens with zero attached hydrogens (tertiary/aromatic N) is 3. The van der Waals surface area contributed by atoms with Crippen LogP contribution in [0.4, 0.5) is 4.79 Å². The lowest BCUT2D eigenvalue weighted by atomic mass is 10.1. The minimum absolute atomic E-state index is 0.145. The lowest BCUT2D eigenvalue weighted by Crippen LogP contribution is -2.18. The summed E-state index contributed by atoms with van der Waals surface area (Å²) in [6.07, 6.45) is 6.31. The van der Waals surface area contributed by atoms with Gasteiger partial charge in [0.1, 0.15) is 6.61 Å². The molecule has 1 fully saturated rings. The normalized spacial score (nSPS) is 13.9. The third kappa shape index (κ3) is 6.89. The van der Waals surface area contributed by atoms with Crippen molar-refractivity contribution in [2.45, 2.75) is 19.9 Å². The van der Waals surface area contributed by atoms with E-state index in [1.165, 1.54) is 0 Å².